The first-order chi connectivity index (χ1) is 11.5. The average Bonchev–Trinajstić information content (AvgIpc) is 2.59. The van der Waals surface area contributed by atoms with Crippen LogP contribution in [0.2, 0.25) is 0 Å². The molecule has 1 aliphatic rings. The largest absolute Gasteiger partial charge is 0.383 e. The highest BCUT2D eigenvalue weighted by atomic mass is 16.5. The quantitative estimate of drug-likeness (QED) is 0.766. The number of hydrogen-bond donors (Lipinski definition) is 2. The molecular weight excluding hydrogens is 304 g/mol. The van der Waals surface area contributed by atoms with Gasteiger partial charge in [-0.1, -0.05) is 26.0 Å². The molecule has 0 aromatic heterocycles. The van der Waals surface area contributed by atoms with Crippen molar-refractivity contribution in [1.29, 1.82) is 0 Å². The first-order valence-corrected chi connectivity index (χ1v) is 8.73. The fourth-order valence-corrected chi connectivity index (χ4v) is 2.92. The lowest BCUT2D eigenvalue weighted by Crippen LogP contribution is -2.52. The first-order valence-electron chi connectivity index (χ1n) is 8.73. The summed E-state index contributed by atoms with van der Waals surface area (Å²) in [4.78, 5) is 12.2. The maximum Gasteiger partial charge on any atom is 0.251 e. The second-order valence-electron chi connectivity index (χ2n) is 6.98. The topological polar surface area (TPSA) is 59.6 Å². The molecule has 5 nitrogen and oxygen atoms in total. The average molecular weight is 334 g/mol. The number of hydrogen-bond acceptors (Lipinski definition) is 4. The molecule has 1 heterocycles. The van der Waals surface area contributed by atoms with Crippen molar-refractivity contribution in [2.75, 3.05) is 33.5 Å². The van der Waals surface area contributed by atoms with Gasteiger partial charge in [0.15, 0.2) is 0 Å². The Bertz CT molecular complexity index is 520. The normalized spacial score (nSPS) is 17.0. The van der Waals surface area contributed by atoms with E-state index in [-0.39, 0.29) is 11.4 Å². The minimum absolute atomic E-state index is 0.0109. The van der Waals surface area contributed by atoms with Crippen molar-refractivity contribution in [2.24, 2.45) is 5.92 Å². The standard InChI is InChI=1S/C19H30N2O3/c1-15(2)12-20-18(22)17-6-4-5-16(11-17)13-21-19(14-23-3)7-9-24-10-8-19/h4-6,11,15,21H,7-10,12-14H2,1-3H3,(H,20,22). The second-order valence-corrected chi connectivity index (χ2v) is 6.98. The van der Waals surface area contributed by atoms with Crippen LogP contribution in [0, 0.1) is 5.92 Å². The number of rotatable bonds is 8. The van der Waals surface area contributed by atoms with Gasteiger partial charge in [0.2, 0.25) is 0 Å². The smallest absolute Gasteiger partial charge is 0.251 e. The fourth-order valence-electron chi connectivity index (χ4n) is 2.92. The van der Waals surface area contributed by atoms with E-state index in [1.165, 1.54) is 0 Å². The molecule has 0 radical (unpaired) electrons. The summed E-state index contributed by atoms with van der Waals surface area (Å²) in [7, 11) is 1.73. The minimum Gasteiger partial charge on any atom is -0.383 e. The molecule has 0 bridgehead atoms. The Morgan fingerprint density at radius 2 is 2.08 bits per heavy atom. The number of benzene rings is 1. The van der Waals surface area contributed by atoms with Crippen molar-refractivity contribution in [3.8, 4) is 0 Å². The van der Waals surface area contributed by atoms with E-state index in [9.17, 15) is 4.79 Å². The van der Waals surface area contributed by atoms with E-state index < -0.39 is 0 Å². The van der Waals surface area contributed by atoms with Crippen LogP contribution in [0.15, 0.2) is 24.3 Å². The van der Waals surface area contributed by atoms with E-state index in [1.807, 2.05) is 24.3 Å². The van der Waals surface area contributed by atoms with Gasteiger partial charge in [0.1, 0.15) is 0 Å². The first kappa shape index (κ1) is 18.9. The number of ether oxygens (including phenoxy) is 2. The Hall–Kier alpha value is -1.43. The molecular formula is C19H30N2O3. The Morgan fingerprint density at radius 3 is 2.75 bits per heavy atom. The molecule has 1 amide bonds. The third kappa shape index (κ3) is 5.58. The van der Waals surface area contributed by atoms with Crippen molar-refractivity contribution in [3.05, 3.63) is 35.4 Å². The van der Waals surface area contributed by atoms with Crippen molar-refractivity contribution in [3.63, 3.8) is 0 Å². The predicted octanol–water partition coefficient (Wildman–Crippen LogP) is 2.36. The van der Waals surface area contributed by atoms with Crippen molar-refractivity contribution in [2.45, 2.75) is 38.8 Å². The highest BCUT2D eigenvalue weighted by Gasteiger charge is 2.32. The molecule has 1 fully saturated rings. The Labute approximate surface area is 145 Å². The highest BCUT2D eigenvalue weighted by Crippen LogP contribution is 2.22. The maximum absolute atomic E-state index is 12.2. The summed E-state index contributed by atoms with van der Waals surface area (Å²) < 4.78 is 10.9. The number of amides is 1. The molecule has 0 spiro atoms. The lowest BCUT2D eigenvalue weighted by molar-refractivity contribution is -0.000224. The van der Waals surface area contributed by atoms with E-state index in [0.29, 0.717) is 31.2 Å². The number of nitrogens with one attached hydrogen (secondary N) is 2. The van der Waals surface area contributed by atoms with Gasteiger partial charge in [0, 0.05) is 44.5 Å². The molecule has 1 aromatic rings. The summed E-state index contributed by atoms with van der Waals surface area (Å²) in [6.07, 6.45) is 1.88. The van der Waals surface area contributed by atoms with Crippen LogP contribution in [-0.2, 0) is 16.0 Å². The Kier molecular flexibility index (Phi) is 7.21. The van der Waals surface area contributed by atoms with E-state index >= 15 is 0 Å². The monoisotopic (exact) mass is 334 g/mol. The van der Waals surface area contributed by atoms with Gasteiger partial charge in [-0.25, -0.2) is 0 Å². The van der Waals surface area contributed by atoms with Gasteiger partial charge in [-0.3, -0.25) is 4.79 Å². The molecule has 0 saturated carbocycles. The molecule has 5 heteroatoms. The molecule has 134 valence electrons. The zero-order valence-corrected chi connectivity index (χ0v) is 15.1. The van der Waals surface area contributed by atoms with Crippen molar-refractivity contribution < 1.29 is 14.3 Å². The van der Waals surface area contributed by atoms with Gasteiger partial charge in [-0.15, -0.1) is 0 Å². The molecule has 1 aromatic carbocycles. The molecule has 0 unspecified atom stereocenters. The zero-order chi connectivity index (χ0) is 17.4. The maximum atomic E-state index is 12.2. The third-order valence-corrected chi connectivity index (χ3v) is 4.40. The summed E-state index contributed by atoms with van der Waals surface area (Å²) in [5, 5.41) is 6.59. The van der Waals surface area contributed by atoms with E-state index in [0.717, 1.165) is 31.6 Å². The summed E-state index contributed by atoms with van der Waals surface area (Å²) in [6, 6.07) is 7.81. The lowest BCUT2D eigenvalue weighted by atomic mass is 9.90. The summed E-state index contributed by atoms with van der Waals surface area (Å²) in [5.41, 5.74) is 1.78. The van der Waals surface area contributed by atoms with Gasteiger partial charge >= 0.3 is 0 Å². The lowest BCUT2D eigenvalue weighted by Gasteiger charge is -2.37. The van der Waals surface area contributed by atoms with Crippen LogP contribution >= 0.6 is 0 Å². The number of carbonyl (C=O) groups is 1. The Morgan fingerprint density at radius 1 is 1.33 bits per heavy atom. The summed E-state index contributed by atoms with van der Waals surface area (Å²) >= 11 is 0. The summed E-state index contributed by atoms with van der Waals surface area (Å²) in [5.74, 6) is 0.435. The van der Waals surface area contributed by atoms with Gasteiger partial charge in [-0.2, -0.15) is 0 Å². The summed E-state index contributed by atoms with van der Waals surface area (Å²) in [6.45, 7) is 7.77. The SMILES string of the molecule is COCC1(NCc2cccc(C(=O)NCC(C)C)c2)CCOCC1. The van der Waals surface area contributed by atoms with E-state index in [1.54, 1.807) is 7.11 Å². The predicted molar refractivity (Wildman–Crippen MR) is 95.1 cm³/mol. The molecule has 2 rings (SSSR count). The van der Waals surface area contributed by atoms with Crippen LogP contribution in [0.25, 0.3) is 0 Å². The van der Waals surface area contributed by atoms with Gasteiger partial charge in [0.25, 0.3) is 5.91 Å². The molecule has 24 heavy (non-hydrogen) atoms. The highest BCUT2D eigenvalue weighted by molar-refractivity contribution is 5.94. The van der Waals surface area contributed by atoms with E-state index in [4.69, 9.17) is 9.47 Å². The minimum atomic E-state index is -0.0388. The number of carbonyl (C=O) groups excluding carboxylic acids is 1. The molecule has 1 saturated heterocycles. The second kappa shape index (κ2) is 9.16. The van der Waals surface area contributed by atoms with Crippen molar-refractivity contribution in [1.82, 2.24) is 10.6 Å². The Balaban J connectivity index is 1.96. The van der Waals surface area contributed by atoms with Crippen molar-refractivity contribution >= 4 is 5.91 Å². The van der Waals surface area contributed by atoms with Crippen LogP contribution in [-0.4, -0.2) is 44.9 Å². The molecule has 2 N–H and O–H groups in total. The van der Waals surface area contributed by atoms with Gasteiger partial charge in [-0.05, 0) is 36.5 Å². The fraction of sp³-hybridized carbons (Fsp3) is 0.632. The van der Waals surface area contributed by atoms with Crippen LogP contribution in [0.3, 0.4) is 0 Å². The molecule has 0 atom stereocenters. The van der Waals surface area contributed by atoms with Crippen LogP contribution in [0.1, 0.15) is 42.6 Å². The van der Waals surface area contributed by atoms with Gasteiger partial charge in [0.05, 0.1) is 6.61 Å². The van der Waals surface area contributed by atoms with Crippen LogP contribution in [0.5, 0.6) is 0 Å². The molecule has 0 aliphatic carbocycles. The number of methoxy groups -OCH3 is 1. The third-order valence-electron chi connectivity index (χ3n) is 4.40. The van der Waals surface area contributed by atoms with E-state index in [2.05, 4.69) is 24.5 Å². The van der Waals surface area contributed by atoms with Crippen LogP contribution < -0.4 is 10.6 Å². The van der Waals surface area contributed by atoms with Gasteiger partial charge < -0.3 is 20.1 Å². The van der Waals surface area contributed by atoms with Crippen LogP contribution in [0.4, 0.5) is 0 Å². The zero-order valence-electron chi connectivity index (χ0n) is 15.1. The molecule has 1 aliphatic heterocycles.